The fourth-order valence-corrected chi connectivity index (χ4v) is 2.71. The van der Waals surface area contributed by atoms with Crippen molar-refractivity contribution in [3.05, 3.63) is 11.4 Å². The third-order valence-corrected chi connectivity index (χ3v) is 3.87. The number of aryl methyl sites for hydroxylation is 1. The quantitative estimate of drug-likeness (QED) is 0.733. The van der Waals surface area contributed by atoms with Crippen LogP contribution in [0.3, 0.4) is 0 Å². The topological polar surface area (TPSA) is 61.3 Å². The summed E-state index contributed by atoms with van der Waals surface area (Å²) in [7, 11) is 1.89. The van der Waals surface area contributed by atoms with Crippen molar-refractivity contribution in [3.8, 4) is 0 Å². The van der Waals surface area contributed by atoms with Gasteiger partial charge >= 0.3 is 0 Å². The molecule has 0 aromatic carbocycles. The lowest BCUT2D eigenvalue weighted by atomic mass is 10.1. The third-order valence-electron chi connectivity index (χ3n) is 3.87. The molecule has 5 heteroatoms. The number of aliphatic hydroxyl groups is 1. The van der Waals surface area contributed by atoms with Gasteiger partial charge in [-0.1, -0.05) is 20.8 Å². The maximum atomic E-state index is 9.43. The summed E-state index contributed by atoms with van der Waals surface area (Å²) in [5.74, 6) is 2.72. The highest BCUT2D eigenvalue weighted by molar-refractivity contribution is 5.59. The Balaban J connectivity index is 3.30. The van der Waals surface area contributed by atoms with Crippen LogP contribution in [0.15, 0.2) is 0 Å². The number of rotatable bonds is 9. The first-order chi connectivity index (χ1) is 10.1. The Morgan fingerprint density at radius 2 is 1.86 bits per heavy atom. The molecule has 1 aromatic rings. The van der Waals surface area contributed by atoms with Crippen molar-refractivity contribution in [1.82, 2.24) is 9.97 Å². The summed E-state index contributed by atoms with van der Waals surface area (Å²) in [5.41, 5.74) is 1.05. The summed E-state index contributed by atoms with van der Waals surface area (Å²) in [6, 6.07) is 0.393. The van der Waals surface area contributed by atoms with Gasteiger partial charge in [-0.25, -0.2) is 9.97 Å². The van der Waals surface area contributed by atoms with Gasteiger partial charge in [0.2, 0.25) is 0 Å². The Labute approximate surface area is 128 Å². The molecule has 2 N–H and O–H groups in total. The standard InChI is InChI=1S/C16H30N4O/c1-6-9-14-18-15(17-5)12(4)16(19-14)20(10-11-21)13(7-2)8-3/h13,21H,6-11H2,1-5H3,(H,17,18,19). The van der Waals surface area contributed by atoms with Crippen molar-refractivity contribution >= 4 is 11.6 Å². The van der Waals surface area contributed by atoms with Crippen LogP contribution in [0.5, 0.6) is 0 Å². The molecule has 0 atom stereocenters. The van der Waals surface area contributed by atoms with Gasteiger partial charge in [-0.2, -0.15) is 0 Å². The molecule has 0 aliphatic rings. The van der Waals surface area contributed by atoms with Gasteiger partial charge in [-0.15, -0.1) is 0 Å². The average molecular weight is 294 g/mol. The minimum atomic E-state index is 0.137. The smallest absolute Gasteiger partial charge is 0.137 e. The second-order valence-corrected chi connectivity index (χ2v) is 5.32. The summed E-state index contributed by atoms with van der Waals surface area (Å²) < 4.78 is 0. The predicted molar refractivity (Wildman–Crippen MR) is 89.1 cm³/mol. The third kappa shape index (κ3) is 4.30. The number of nitrogens with zero attached hydrogens (tertiary/aromatic N) is 3. The molecular weight excluding hydrogens is 264 g/mol. The van der Waals surface area contributed by atoms with E-state index in [1.165, 1.54) is 0 Å². The fourth-order valence-electron chi connectivity index (χ4n) is 2.71. The highest BCUT2D eigenvalue weighted by atomic mass is 16.3. The van der Waals surface area contributed by atoms with Crippen LogP contribution in [0.4, 0.5) is 11.6 Å². The molecule has 0 aliphatic carbocycles. The highest BCUT2D eigenvalue weighted by Crippen LogP contribution is 2.27. The Kier molecular flexibility index (Phi) is 7.43. The van der Waals surface area contributed by atoms with E-state index in [0.717, 1.165) is 48.7 Å². The molecule has 1 aromatic heterocycles. The predicted octanol–water partition coefficient (Wildman–Crippen LogP) is 2.77. The summed E-state index contributed by atoms with van der Waals surface area (Å²) in [6.07, 6.45) is 3.98. The van der Waals surface area contributed by atoms with Gasteiger partial charge in [-0.05, 0) is 26.2 Å². The van der Waals surface area contributed by atoms with Crippen LogP contribution in [0.2, 0.25) is 0 Å². The van der Waals surface area contributed by atoms with E-state index in [1.807, 2.05) is 14.0 Å². The zero-order valence-corrected chi connectivity index (χ0v) is 14.1. The summed E-state index contributed by atoms with van der Waals surface area (Å²) in [5, 5.41) is 12.6. The van der Waals surface area contributed by atoms with Crippen molar-refractivity contribution in [2.75, 3.05) is 30.4 Å². The maximum Gasteiger partial charge on any atom is 0.137 e. The zero-order chi connectivity index (χ0) is 15.8. The van der Waals surface area contributed by atoms with Crippen LogP contribution >= 0.6 is 0 Å². The molecule has 0 radical (unpaired) electrons. The number of nitrogens with one attached hydrogen (secondary N) is 1. The minimum absolute atomic E-state index is 0.137. The van der Waals surface area contributed by atoms with E-state index in [1.54, 1.807) is 0 Å². The van der Waals surface area contributed by atoms with Crippen LogP contribution in [0, 0.1) is 6.92 Å². The number of hydrogen-bond donors (Lipinski definition) is 2. The van der Waals surface area contributed by atoms with Gasteiger partial charge < -0.3 is 15.3 Å². The van der Waals surface area contributed by atoms with Crippen LogP contribution in [0.25, 0.3) is 0 Å². The van der Waals surface area contributed by atoms with Gasteiger partial charge in [0, 0.05) is 31.6 Å². The van der Waals surface area contributed by atoms with E-state index in [-0.39, 0.29) is 6.61 Å². The molecule has 1 heterocycles. The van der Waals surface area contributed by atoms with Crippen LogP contribution in [0.1, 0.15) is 51.4 Å². The normalized spacial score (nSPS) is 11.0. The number of hydrogen-bond acceptors (Lipinski definition) is 5. The van der Waals surface area contributed by atoms with E-state index in [2.05, 4.69) is 36.0 Å². The van der Waals surface area contributed by atoms with Gasteiger partial charge in [0.1, 0.15) is 17.5 Å². The fraction of sp³-hybridized carbons (Fsp3) is 0.750. The average Bonchev–Trinajstić information content (AvgIpc) is 2.49. The van der Waals surface area contributed by atoms with Gasteiger partial charge in [0.05, 0.1) is 6.61 Å². The number of aromatic nitrogens is 2. The second kappa shape index (κ2) is 8.82. The number of anilines is 2. The molecule has 120 valence electrons. The molecule has 0 bridgehead atoms. The lowest BCUT2D eigenvalue weighted by molar-refractivity contribution is 0.295. The zero-order valence-electron chi connectivity index (χ0n) is 14.1. The maximum absolute atomic E-state index is 9.43. The lowest BCUT2D eigenvalue weighted by Gasteiger charge is -2.32. The summed E-state index contributed by atoms with van der Waals surface area (Å²) in [6.45, 7) is 9.29. The van der Waals surface area contributed by atoms with Crippen molar-refractivity contribution < 1.29 is 5.11 Å². The van der Waals surface area contributed by atoms with E-state index < -0.39 is 0 Å². The molecule has 0 saturated heterocycles. The SMILES string of the molecule is CCCc1nc(NC)c(C)c(N(CCO)C(CC)CC)n1. The molecule has 0 spiro atoms. The Morgan fingerprint density at radius 1 is 1.19 bits per heavy atom. The summed E-state index contributed by atoms with van der Waals surface area (Å²) >= 11 is 0. The first-order valence-electron chi connectivity index (χ1n) is 8.05. The molecular formula is C16H30N4O. The first kappa shape index (κ1) is 17.7. The molecule has 5 nitrogen and oxygen atoms in total. The lowest BCUT2D eigenvalue weighted by Crippen LogP contribution is -2.38. The Hall–Kier alpha value is -1.36. The van der Waals surface area contributed by atoms with Crippen molar-refractivity contribution in [2.45, 2.75) is 59.4 Å². The minimum Gasteiger partial charge on any atom is -0.395 e. The molecule has 21 heavy (non-hydrogen) atoms. The molecule has 0 fully saturated rings. The molecule has 0 saturated carbocycles. The molecule has 0 aliphatic heterocycles. The Bertz CT molecular complexity index is 433. The van der Waals surface area contributed by atoms with Gasteiger partial charge in [0.25, 0.3) is 0 Å². The Morgan fingerprint density at radius 3 is 2.33 bits per heavy atom. The van der Waals surface area contributed by atoms with Gasteiger partial charge in [-0.3, -0.25) is 0 Å². The van der Waals surface area contributed by atoms with E-state index in [0.29, 0.717) is 12.6 Å². The van der Waals surface area contributed by atoms with Gasteiger partial charge in [0.15, 0.2) is 0 Å². The second-order valence-electron chi connectivity index (χ2n) is 5.32. The molecule has 0 unspecified atom stereocenters. The first-order valence-corrected chi connectivity index (χ1v) is 8.05. The van der Waals surface area contributed by atoms with Crippen LogP contribution < -0.4 is 10.2 Å². The van der Waals surface area contributed by atoms with Crippen molar-refractivity contribution in [2.24, 2.45) is 0 Å². The van der Waals surface area contributed by atoms with Crippen molar-refractivity contribution in [1.29, 1.82) is 0 Å². The largest absolute Gasteiger partial charge is 0.395 e. The monoisotopic (exact) mass is 294 g/mol. The molecule has 1 rings (SSSR count). The van der Waals surface area contributed by atoms with Crippen LogP contribution in [-0.4, -0.2) is 41.3 Å². The number of aliphatic hydroxyl groups excluding tert-OH is 1. The highest BCUT2D eigenvalue weighted by Gasteiger charge is 2.21. The molecule has 0 amide bonds. The summed E-state index contributed by atoms with van der Waals surface area (Å²) in [4.78, 5) is 11.6. The van der Waals surface area contributed by atoms with Crippen LogP contribution in [-0.2, 0) is 6.42 Å². The van der Waals surface area contributed by atoms with E-state index in [4.69, 9.17) is 4.98 Å². The van der Waals surface area contributed by atoms with Crippen molar-refractivity contribution in [3.63, 3.8) is 0 Å². The van der Waals surface area contributed by atoms with E-state index >= 15 is 0 Å². The van der Waals surface area contributed by atoms with E-state index in [9.17, 15) is 5.11 Å².